The lowest BCUT2D eigenvalue weighted by atomic mass is 9.95. The summed E-state index contributed by atoms with van der Waals surface area (Å²) in [7, 11) is 3.75. The lowest BCUT2D eigenvalue weighted by Gasteiger charge is -2.26. The molecule has 1 N–H and O–H groups in total. The second-order valence-corrected chi connectivity index (χ2v) is 8.20. The van der Waals surface area contributed by atoms with Crippen molar-refractivity contribution >= 4 is 40.7 Å². The van der Waals surface area contributed by atoms with Gasteiger partial charge < -0.3 is 14.9 Å². The molecule has 2 heterocycles. The van der Waals surface area contributed by atoms with Crippen molar-refractivity contribution in [2.45, 2.75) is 19.9 Å². The van der Waals surface area contributed by atoms with Gasteiger partial charge in [0.25, 0.3) is 11.7 Å². The highest BCUT2D eigenvalue weighted by molar-refractivity contribution is 6.46. The summed E-state index contributed by atoms with van der Waals surface area (Å²) < 4.78 is 0. The average Bonchev–Trinajstić information content (AvgIpc) is 2.92. The molecule has 7 nitrogen and oxygen atoms in total. The van der Waals surface area contributed by atoms with Crippen LogP contribution in [0.2, 0.25) is 10.0 Å². The van der Waals surface area contributed by atoms with Gasteiger partial charge in [0.2, 0.25) is 0 Å². The Labute approximate surface area is 184 Å². The van der Waals surface area contributed by atoms with Gasteiger partial charge in [0.15, 0.2) is 0 Å². The van der Waals surface area contributed by atoms with Crippen LogP contribution in [0.1, 0.15) is 28.7 Å². The van der Waals surface area contributed by atoms with Gasteiger partial charge in [0.05, 0.1) is 32.9 Å². The van der Waals surface area contributed by atoms with Crippen LogP contribution >= 0.6 is 23.2 Å². The minimum Gasteiger partial charge on any atom is -0.507 e. The number of halogens is 2. The molecule has 30 heavy (non-hydrogen) atoms. The summed E-state index contributed by atoms with van der Waals surface area (Å²) in [5.41, 5.74) is 1.37. The van der Waals surface area contributed by atoms with Gasteiger partial charge in [-0.25, -0.2) is 9.97 Å². The molecule has 0 bridgehead atoms. The van der Waals surface area contributed by atoms with Gasteiger partial charge in [0, 0.05) is 19.3 Å². The second-order valence-electron chi connectivity index (χ2n) is 7.39. The molecule has 1 aliphatic heterocycles. The van der Waals surface area contributed by atoms with Gasteiger partial charge in [-0.3, -0.25) is 9.59 Å². The predicted molar refractivity (Wildman–Crippen MR) is 116 cm³/mol. The molecule has 0 saturated carbocycles. The normalized spacial score (nSPS) is 18.5. The topological polar surface area (TPSA) is 86.6 Å². The van der Waals surface area contributed by atoms with Crippen molar-refractivity contribution in [3.05, 3.63) is 62.7 Å². The molecular weight excluding hydrogens is 427 g/mol. The van der Waals surface area contributed by atoms with E-state index in [1.807, 2.05) is 19.0 Å². The molecule has 1 aromatic carbocycles. The average molecular weight is 449 g/mol. The first-order chi connectivity index (χ1) is 14.1. The number of nitrogens with zero attached hydrogens (tertiary/aromatic N) is 4. The molecule has 0 spiro atoms. The Hall–Kier alpha value is -2.48. The Morgan fingerprint density at radius 1 is 1.20 bits per heavy atom. The van der Waals surface area contributed by atoms with Crippen molar-refractivity contribution in [2.24, 2.45) is 0 Å². The number of hydrogen-bond acceptors (Lipinski definition) is 6. The minimum absolute atomic E-state index is 0.0206. The number of aromatic nitrogens is 2. The van der Waals surface area contributed by atoms with Gasteiger partial charge in [-0.15, -0.1) is 0 Å². The van der Waals surface area contributed by atoms with E-state index in [1.54, 1.807) is 32.0 Å². The van der Waals surface area contributed by atoms with Crippen LogP contribution in [0.4, 0.5) is 0 Å². The minimum atomic E-state index is -0.805. The number of amides is 1. The third kappa shape index (κ3) is 4.19. The molecule has 1 saturated heterocycles. The lowest BCUT2D eigenvalue weighted by molar-refractivity contribution is -0.140. The zero-order chi connectivity index (χ0) is 22.2. The fourth-order valence-electron chi connectivity index (χ4n) is 3.41. The van der Waals surface area contributed by atoms with E-state index >= 15 is 0 Å². The molecular formula is C21H22Cl2N4O3. The van der Waals surface area contributed by atoms with Crippen LogP contribution in [-0.2, 0) is 9.59 Å². The van der Waals surface area contributed by atoms with Gasteiger partial charge in [-0.2, -0.15) is 0 Å². The van der Waals surface area contributed by atoms with Crippen LogP contribution in [0.25, 0.3) is 5.76 Å². The first-order valence-electron chi connectivity index (χ1n) is 9.30. The first kappa shape index (κ1) is 22.2. The van der Waals surface area contributed by atoms with E-state index in [9.17, 15) is 14.7 Å². The quantitative estimate of drug-likeness (QED) is 0.428. The second kappa shape index (κ2) is 8.71. The van der Waals surface area contributed by atoms with Gasteiger partial charge >= 0.3 is 0 Å². The highest BCUT2D eigenvalue weighted by Crippen LogP contribution is 2.41. The van der Waals surface area contributed by atoms with E-state index in [0.29, 0.717) is 45.8 Å². The number of likely N-dealkylation sites (N-methyl/N-ethyl adjacent to an activating group) is 1. The number of hydrogen-bond donors (Lipinski definition) is 1. The van der Waals surface area contributed by atoms with E-state index in [0.717, 1.165) is 0 Å². The first-order valence-corrected chi connectivity index (χ1v) is 10.1. The number of carbonyl (C=O) groups excluding carboxylic acids is 2. The zero-order valence-corrected chi connectivity index (χ0v) is 18.6. The maximum absolute atomic E-state index is 13.0. The standard InChI is InChI=1S/C21H22Cl2N4O3/c1-11-14(10-24-12(2)25-11)19(28)17-18(13-5-6-15(22)16(23)9-13)27(8-7-26(3)4)21(30)20(17)29/h5-6,9-10,18,28H,7-8H2,1-4H3/b19-17+. The predicted octanol–water partition coefficient (Wildman–Crippen LogP) is 3.38. The maximum atomic E-state index is 13.0. The molecule has 1 amide bonds. The summed E-state index contributed by atoms with van der Waals surface area (Å²) in [6, 6.07) is 4.10. The fraction of sp³-hybridized carbons (Fsp3) is 0.333. The molecule has 0 aliphatic carbocycles. The van der Waals surface area contributed by atoms with Crippen molar-refractivity contribution in [3.63, 3.8) is 0 Å². The van der Waals surface area contributed by atoms with Crippen LogP contribution in [0.15, 0.2) is 30.0 Å². The molecule has 1 atom stereocenters. The van der Waals surface area contributed by atoms with Crippen LogP contribution in [0.5, 0.6) is 0 Å². The number of Topliss-reactive ketones (excluding diaryl/α,β-unsaturated/α-hetero) is 1. The third-order valence-electron chi connectivity index (χ3n) is 4.94. The molecule has 158 valence electrons. The van der Waals surface area contributed by atoms with E-state index in [2.05, 4.69) is 9.97 Å². The maximum Gasteiger partial charge on any atom is 0.295 e. The molecule has 0 radical (unpaired) electrons. The van der Waals surface area contributed by atoms with Crippen LogP contribution in [0.3, 0.4) is 0 Å². The number of aryl methyl sites for hydroxylation is 2. The summed E-state index contributed by atoms with van der Waals surface area (Å²) in [5.74, 6) is -1.21. The summed E-state index contributed by atoms with van der Waals surface area (Å²) in [6.07, 6.45) is 1.45. The molecule has 3 rings (SSSR count). The number of aliphatic hydroxyl groups excluding tert-OH is 1. The van der Waals surface area contributed by atoms with E-state index in [1.165, 1.54) is 11.1 Å². The summed E-state index contributed by atoms with van der Waals surface area (Å²) in [4.78, 5) is 37.5. The van der Waals surface area contributed by atoms with Crippen LogP contribution in [0, 0.1) is 13.8 Å². The van der Waals surface area contributed by atoms with Crippen LogP contribution < -0.4 is 0 Å². The summed E-state index contributed by atoms with van der Waals surface area (Å²) in [5, 5.41) is 11.7. The number of likely N-dealkylation sites (tertiary alicyclic amines) is 1. The number of rotatable bonds is 5. The lowest BCUT2D eigenvalue weighted by Crippen LogP contribution is -2.35. The van der Waals surface area contributed by atoms with Crippen molar-refractivity contribution in [1.29, 1.82) is 0 Å². The van der Waals surface area contributed by atoms with Crippen LogP contribution in [-0.4, -0.2) is 63.7 Å². The van der Waals surface area contributed by atoms with E-state index < -0.39 is 17.7 Å². The summed E-state index contributed by atoms with van der Waals surface area (Å²) in [6.45, 7) is 4.27. The Bertz CT molecular complexity index is 1050. The SMILES string of the molecule is Cc1ncc(/C(O)=C2\C(=O)C(=O)N(CCN(C)C)C2c2ccc(Cl)c(Cl)c2)c(C)n1. The van der Waals surface area contributed by atoms with Gasteiger partial charge in [-0.05, 0) is 45.6 Å². The highest BCUT2D eigenvalue weighted by Gasteiger charge is 2.46. The smallest absolute Gasteiger partial charge is 0.295 e. The molecule has 2 aromatic rings. The Kier molecular flexibility index (Phi) is 6.45. The number of carbonyl (C=O) groups is 2. The zero-order valence-electron chi connectivity index (χ0n) is 17.1. The monoisotopic (exact) mass is 448 g/mol. The molecule has 1 aromatic heterocycles. The van der Waals surface area contributed by atoms with Crippen molar-refractivity contribution in [3.8, 4) is 0 Å². The highest BCUT2D eigenvalue weighted by atomic mass is 35.5. The van der Waals surface area contributed by atoms with E-state index in [4.69, 9.17) is 23.2 Å². The van der Waals surface area contributed by atoms with Crippen molar-refractivity contribution in [1.82, 2.24) is 19.8 Å². The van der Waals surface area contributed by atoms with Crippen molar-refractivity contribution < 1.29 is 14.7 Å². The Morgan fingerprint density at radius 3 is 2.50 bits per heavy atom. The number of benzene rings is 1. The van der Waals surface area contributed by atoms with Crippen molar-refractivity contribution in [2.75, 3.05) is 27.2 Å². The Morgan fingerprint density at radius 2 is 1.90 bits per heavy atom. The Balaban J connectivity index is 2.20. The van der Waals surface area contributed by atoms with Gasteiger partial charge in [-0.1, -0.05) is 29.3 Å². The van der Waals surface area contributed by atoms with E-state index in [-0.39, 0.29) is 11.3 Å². The molecule has 9 heteroatoms. The molecule has 1 fully saturated rings. The number of aliphatic hydroxyl groups is 1. The van der Waals surface area contributed by atoms with Gasteiger partial charge in [0.1, 0.15) is 11.6 Å². The third-order valence-corrected chi connectivity index (χ3v) is 5.68. The largest absolute Gasteiger partial charge is 0.507 e. The summed E-state index contributed by atoms with van der Waals surface area (Å²) >= 11 is 12.3. The molecule has 1 unspecified atom stereocenters. The fourth-order valence-corrected chi connectivity index (χ4v) is 3.71. The molecule has 1 aliphatic rings. The number of ketones is 1.